The van der Waals surface area contributed by atoms with Gasteiger partial charge in [0.1, 0.15) is 19.3 Å². The highest BCUT2D eigenvalue weighted by atomic mass is 31.2. The van der Waals surface area contributed by atoms with Crippen molar-refractivity contribution in [3.05, 3.63) is 72.9 Å². The smallest absolute Gasteiger partial charge is 0.306 e. The largest absolute Gasteiger partial charge is 0.756 e. The van der Waals surface area contributed by atoms with E-state index in [1.165, 1.54) is 154 Å². The van der Waals surface area contributed by atoms with Crippen LogP contribution in [0.15, 0.2) is 72.9 Å². The van der Waals surface area contributed by atoms with Crippen molar-refractivity contribution in [2.75, 3.05) is 40.9 Å². The summed E-state index contributed by atoms with van der Waals surface area (Å²) in [6.45, 7) is 6.70. The molecule has 0 rings (SSSR count). The number of carbonyl (C=O) groups is 2. The standard InChI is InChI=1S/C64H117N2O7P/c1-7-10-13-16-19-22-25-28-30-32-33-35-37-39-42-45-48-51-54-57-64(68)73-62(55-52-49-46-43-40-27-24-21-18-15-12-9-3)61(60-72-74(69,70)71-59-58-66(4,5)6)65-63(67)56-53-50-47-44-41-38-36-34-31-29-26-23-20-17-14-11-8-2/h11,14,20,23,29,31,36,38,44,47,52,55,61-62H,7-10,12-13,15-19,21-22,24-28,30,32-35,37,39-43,45-46,48-51,53-54,56-60H2,1-6H3,(H-,65,67,69,70)/b14-11-,23-20-,31-29-,38-36-,47-44-,55-52+. The molecule has 0 heterocycles. The summed E-state index contributed by atoms with van der Waals surface area (Å²) in [5.74, 6) is -0.603. The molecule has 0 aliphatic rings. The van der Waals surface area contributed by atoms with Gasteiger partial charge in [-0.2, -0.15) is 0 Å². The number of rotatable bonds is 55. The van der Waals surface area contributed by atoms with Crippen LogP contribution in [-0.2, 0) is 27.9 Å². The first kappa shape index (κ1) is 71.5. The molecular formula is C64H117N2O7P. The van der Waals surface area contributed by atoms with E-state index in [1.807, 2.05) is 33.3 Å². The summed E-state index contributed by atoms with van der Waals surface area (Å²) in [4.78, 5) is 39.9. The monoisotopic (exact) mass is 1060 g/mol. The summed E-state index contributed by atoms with van der Waals surface area (Å²) in [6.07, 6.45) is 68.8. The van der Waals surface area contributed by atoms with Gasteiger partial charge in [-0.25, -0.2) is 0 Å². The second-order valence-corrected chi connectivity index (χ2v) is 23.2. The number of allylic oxidation sites excluding steroid dienone is 11. The van der Waals surface area contributed by atoms with Gasteiger partial charge in [-0.05, 0) is 70.3 Å². The predicted octanol–water partition coefficient (Wildman–Crippen LogP) is 18.2. The number of nitrogens with zero attached hydrogens (tertiary/aromatic N) is 1. The number of carbonyl (C=O) groups excluding carboxylic acids is 2. The van der Waals surface area contributed by atoms with Gasteiger partial charge in [0.05, 0.1) is 33.8 Å². The van der Waals surface area contributed by atoms with Gasteiger partial charge in [-0.1, -0.05) is 261 Å². The number of phosphoric acid groups is 1. The van der Waals surface area contributed by atoms with E-state index >= 15 is 0 Å². The minimum atomic E-state index is -4.71. The lowest BCUT2D eigenvalue weighted by Gasteiger charge is -2.30. The Balaban J connectivity index is 5.33. The van der Waals surface area contributed by atoms with Crippen molar-refractivity contribution in [2.24, 2.45) is 0 Å². The summed E-state index contributed by atoms with van der Waals surface area (Å²) >= 11 is 0. The Labute approximate surface area is 457 Å². The number of esters is 1. The maximum absolute atomic E-state index is 13.5. The summed E-state index contributed by atoms with van der Waals surface area (Å²) < 4.78 is 30.3. The van der Waals surface area contributed by atoms with Crippen molar-refractivity contribution in [1.82, 2.24) is 5.32 Å². The molecule has 9 nitrogen and oxygen atoms in total. The van der Waals surface area contributed by atoms with E-state index in [0.29, 0.717) is 17.4 Å². The van der Waals surface area contributed by atoms with Crippen molar-refractivity contribution in [1.29, 1.82) is 0 Å². The van der Waals surface area contributed by atoms with Gasteiger partial charge in [-0.3, -0.25) is 14.2 Å². The van der Waals surface area contributed by atoms with Crippen LogP contribution in [0.25, 0.3) is 0 Å². The van der Waals surface area contributed by atoms with Crippen molar-refractivity contribution in [3.63, 3.8) is 0 Å². The molecule has 0 aromatic carbocycles. The van der Waals surface area contributed by atoms with Crippen molar-refractivity contribution >= 4 is 19.7 Å². The Hall–Kier alpha value is -2.55. The topological polar surface area (TPSA) is 114 Å². The molecular weight excluding hydrogens is 940 g/mol. The molecule has 1 amide bonds. The molecule has 0 fully saturated rings. The zero-order valence-corrected chi connectivity index (χ0v) is 49.9. The van der Waals surface area contributed by atoms with Crippen LogP contribution < -0.4 is 10.2 Å². The van der Waals surface area contributed by atoms with Gasteiger partial charge in [0.2, 0.25) is 5.91 Å². The van der Waals surface area contributed by atoms with E-state index in [9.17, 15) is 19.0 Å². The normalized spacial score (nSPS) is 14.2. The number of amides is 1. The summed E-state index contributed by atoms with van der Waals surface area (Å²) in [5.41, 5.74) is 0. The predicted molar refractivity (Wildman–Crippen MR) is 316 cm³/mol. The Morgan fingerprint density at radius 2 is 0.878 bits per heavy atom. The van der Waals surface area contributed by atoms with Gasteiger partial charge < -0.3 is 28.5 Å². The summed E-state index contributed by atoms with van der Waals surface area (Å²) in [6, 6.07) is -0.918. The number of unbranched alkanes of at least 4 members (excludes halogenated alkanes) is 29. The average molecular weight is 1060 g/mol. The SMILES string of the molecule is CC/C=C\C/C=C\C/C=C\C/C=C\C/C=C\CCCC(=O)NC(COP(=O)([O-])OCC[N+](C)(C)C)C(/C=C/CCCCCCCCCCCC)OC(=O)CCCCCCCCCCCCCCCCCCCCC. The molecule has 0 saturated heterocycles. The fourth-order valence-electron chi connectivity index (χ4n) is 8.68. The third-order valence-corrected chi connectivity index (χ3v) is 14.4. The second kappa shape index (κ2) is 53.8. The van der Waals surface area contributed by atoms with Crippen LogP contribution in [-0.4, -0.2) is 69.4 Å². The van der Waals surface area contributed by atoms with Gasteiger partial charge in [0.25, 0.3) is 7.82 Å². The van der Waals surface area contributed by atoms with Gasteiger partial charge in [-0.15, -0.1) is 0 Å². The van der Waals surface area contributed by atoms with Crippen LogP contribution in [0.1, 0.15) is 271 Å². The Kier molecular flexibility index (Phi) is 52.0. The fraction of sp³-hybridized carbons (Fsp3) is 0.781. The van der Waals surface area contributed by atoms with Crippen molar-refractivity contribution < 1.29 is 37.3 Å². The molecule has 430 valence electrons. The number of hydrogen-bond donors (Lipinski definition) is 1. The first-order chi connectivity index (χ1) is 35.9. The number of phosphoric ester groups is 1. The third kappa shape index (κ3) is 54.2. The Morgan fingerprint density at radius 3 is 1.31 bits per heavy atom. The van der Waals surface area contributed by atoms with E-state index in [0.717, 1.165) is 77.0 Å². The van der Waals surface area contributed by atoms with Crippen LogP contribution in [0.4, 0.5) is 0 Å². The lowest BCUT2D eigenvalue weighted by atomic mass is 10.0. The van der Waals surface area contributed by atoms with E-state index < -0.39 is 26.6 Å². The number of nitrogens with one attached hydrogen (secondary N) is 1. The molecule has 3 atom stereocenters. The van der Waals surface area contributed by atoms with Crippen molar-refractivity contribution in [2.45, 2.75) is 283 Å². The van der Waals surface area contributed by atoms with Crippen LogP contribution in [0.3, 0.4) is 0 Å². The molecule has 74 heavy (non-hydrogen) atoms. The Bertz CT molecular complexity index is 1500. The maximum Gasteiger partial charge on any atom is 0.306 e. The molecule has 0 saturated carbocycles. The first-order valence-corrected chi connectivity index (χ1v) is 32.2. The fourth-order valence-corrected chi connectivity index (χ4v) is 9.40. The minimum Gasteiger partial charge on any atom is -0.756 e. The molecule has 0 aliphatic heterocycles. The molecule has 10 heteroatoms. The van der Waals surface area contributed by atoms with E-state index in [-0.39, 0.29) is 31.3 Å². The van der Waals surface area contributed by atoms with Crippen LogP contribution >= 0.6 is 7.82 Å². The number of hydrogen-bond acceptors (Lipinski definition) is 7. The highest BCUT2D eigenvalue weighted by molar-refractivity contribution is 7.45. The van der Waals surface area contributed by atoms with Gasteiger partial charge in [0.15, 0.2) is 0 Å². The minimum absolute atomic E-state index is 0.0340. The van der Waals surface area contributed by atoms with E-state index in [4.69, 9.17) is 13.8 Å². The first-order valence-electron chi connectivity index (χ1n) is 30.7. The average Bonchev–Trinajstić information content (AvgIpc) is 3.36. The molecule has 0 aromatic heterocycles. The molecule has 3 unspecified atom stereocenters. The highest BCUT2D eigenvalue weighted by Crippen LogP contribution is 2.38. The lowest BCUT2D eigenvalue weighted by molar-refractivity contribution is -0.870. The van der Waals surface area contributed by atoms with Gasteiger partial charge >= 0.3 is 5.97 Å². The maximum atomic E-state index is 13.5. The highest BCUT2D eigenvalue weighted by Gasteiger charge is 2.27. The second-order valence-electron chi connectivity index (χ2n) is 21.8. The van der Waals surface area contributed by atoms with Crippen LogP contribution in [0.2, 0.25) is 0 Å². The third-order valence-electron chi connectivity index (χ3n) is 13.4. The molecule has 0 radical (unpaired) electrons. The molecule has 0 aromatic rings. The molecule has 0 aliphatic carbocycles. The summed E-state index contributed by atoms with van der Waals surface area (Å²) in [7, 11) is 1.15. The number of likely N-dealkylation sites (N-methyl/N-ethyl adjacent to an activating group) is 1. The zero-order valence-electron chi connectivity index (χ0n) is 49.0. The van der Waals surface area contributed by atoms with E-state index in [1.54, 1.807) is 0 Å². The lowest BCUT2D eigenvalue weighted by Crippen LogP contribution is -2.47. The summed E-state index contributed by atoms with van der Waals surface area (Å²) in [5, 5.41) is 2.99. The number of quaternary nitrogens is 1. The Morgan fingerprint density at radius 1 is 0.486 bits per heavy atom. The number of ether oxygens (including phenoxy) is 1. The van der Waals surface area contributed by atoms with E-state index in [2.05, 4.69) is 86.8 Å². The molecule has 0 spiro atoms. The van der Waals surface area contributed by atoms with Crippen LogP contribution in [0.5, 0.6) is 0 Å². The quantitative estimate of drug-likeness (QED) is 0.0212. The molecule has 1 N–H and O–H groups in total. The zero-order chi connectivity index (χ0) is 54.3. The molecule has 0 bridgehead atoms. The van der Waals surface area contributed by atoms with Crippen LogP contribution in [0, 0.1) is 0 Å². The van der Waals surface area contributed by atoms with Crippen molar-refractivity contribution in [3.8, 4) is 0 Å². The van der Waals surface area contributed by atoms with Gasteiger partial charge in [0, 0.05) is 12.8 Å².